The second kappa shape index (κ2) is 6.32. The van der Waals surface area contributed by atoms with Crippen LogP contribution in [0.3, 0.4) is 0 Å². The summed E-state index contributed by atoms with van der Waals surface area (Å²) in [5.41, 5.74) is 5.52. The van der Waals surface area contributed by atoms with Crippen molar-refractivity contribution in [2.45, 2.75) is 63.5 Å². The first-order chi connectivity index (χ1) is 8.63. The van der Waals surface area contributed by atoms with Gasteiger partial charge in [0.1, 0.15) is 0 Å². The lowest BCUT2D eigenvalue weighted by molar-refractivity contribution is 0.249. The van der Waals surface area contributed by atoms with Crippen LogP contribution in [0, 0.1) is 0 Å². The van der Waals surface area contributed by atoms with Crippen LogP contribution in [0.15, 0.2) is 0 Å². The van der Waals surface area contributed by atoms with Crippen LogP contribution in [0.5, 0.6) is 0 Å². The molecular weight excluding hydrogens is 250 g/mol. The summed E-state index contributed by atoms with van der Waals surface area (Å²) in [5, 5.41) is 0. The summed E-state index contributed by atoms with van der Waals surface area (Å²) in [6.45, 7) is 1.10. The van der Waals surface area contributed by atoms with Crippen molar-refractivity contribution in [3.05, 3.63) is 0 Å². The largest absolute Gasteiger partial charge is 0.330 e. The number of nitrogens with two attached hydrogens (primary N) is 1. The van der Waals surface area contributed by atoms with Gasteiger partial charge in [0, 0.05) is 18.6 Å². The molecule has 0 aromatic heterocycles. The monoisotopic (exact) mass is 275 g/mol. The zero-order valence-corrected chi connectivity index (χ0v) is 11.8. The van der Waals surface area contributed by atoms with Gasteiger partial charge in [-0.05, 0) is 38.6 Å². The topological polar surface area (TPSA) is 75.4 Å². The van der Waals surface area contributed by atoms with E-state index in [-0.39, 0.29) is 12.1 Å². The Hall–Kier alpha value is -0.170. The third-order valence-electron chi connectivity index (χ3n) is 3.77. The maximum Gasteiger partial charge on any atom is 0.279 e. The van der Waals surface area contributed by atoms with E-state index < -0.39 is 10.2 Å². The van der Waals surface area contributed by atoms with Crippen molar-refractivity contribution in [3.8, 4) is 0 Å². The molecule has 0 atom stereocenters. The molecule has 0 amide bonds. The van der Waals surface area contributed by atoms with E-state index in [9.17, 15) is 8.42 Å². The molecule has 2 aliphatic rings. The molecule has 2 aliphatic carbocycles. The summed E-state index contributed by atoms with van der Waals surface area (Å²) < 4.78 is 29.2. The van der Waals surface area contributed by atoms with Gasteiger partial charge in [-0.1, -0.05) is 19.3 Å². The minimum absolute atomic E-state index is 0.180. The molecule has 0 radical (unpaired) electrons. The fourth-order valence-electron chi connectivity index (χ4n) is 2.59. The van der Waals surface area contributed by atoms with E-state index in [2.05, 4.69) is 4.72 Å². The Labute approximate surface area is 110 Å². The SMILES string of the molecule is NCCCN(C1CCCCC1)S(=O)(=O)NC1CC1. The minimum atomic E-state index is -3.30. The van der Waals surface area contributed by atoms with Gasteiger partial charge in [0.15, 0.2) is 0 Å². The number of rotatable bonds is 7. The van der Waals surface area contributed by atoms with E-state index in [0.29, 0.717) is 13.1 Å². The van der Waals surface area contributed by atoms with Gasteiger partial charge in [-0.25, -0.2) is 0 Å². The fourth-order valence-corrected chi connectivity index (χ4v) is 4.36. The van der Waals surface area contributed by atoms with Gasteiger partial charge in [0.25, 0.3) is 10.2 Å². The molecule has 0 saturated heterocycles. The Balaban J connectivity index is 2.01. The first-order valence-corrected chi connectivity index (χ1v) is 8.56. The fraction of sp³-hybridized carbons (Fsp3) is 1.00. The number of nitrogens with one attached hydrogen (secondary N) is 1. The summed E-state index contributed by atoms with van der Waals surface area (Å²) in [6, 6.07) is 0.362. The van der Waals surface area contributed by atoms with Crippen molar-refractivity contribution in [1.29, 1.82) is 0 Å². The molecule has 0 heterocycles. The Morgan fingerprint density at radius 2 is 1.78 bits per heavy atom. The maximum atomic E-state index is 12.4. The van der Waals surface area contributed by atoms with Crippen LogP contribution >= 0.6 is 0 Å². The zero-order valence-electron chi connectivity index (χ0n) is 11.0. The molecule has 0 aromatic rings. The van der Waals surface area contributed by atoms with Gasteiger partial charge >= 0.3 is 0 Å². The van der Waals surface area contributed by atoms with E-state index in [1.54, 1.807) is 4.31 Å². The highest BCUT2D eigenvalue weighted by Crippen LogP contribution is 2.26. The average Bonchev–Trinajstić information content (AvgIpc) is 3.14. The molecule has 6 heteroatoms. The van der Waals surface area contributed by atoms with E-state index in [1.807, 2.05) is 0 Å². The van der Waals surface area contributed by atoms with E-state index in [1.165, 1.54) is 6.42 Å². The quantitative estimate of drug-likeness (QED) is 0.727. The molecule has 2 saturated carbocycles. The summed E-state index contributed by atoms with van der Waals surface area (Å²) in [4.78, 5) is 0. The van der Waals surface area contributed by atoms with Crippen molar-refractivity contribution in [3.63, 3.8) is 0 Å². The van der Waals surface area contributed by atoms with Gasteiger partial charge in [-0.15, -0.1) is 0 Å². The van der Waals surface area contributed by atoms with Crippen LogP contribution < -0.4 is 10.5 Å². The Bertz CT molecular complexity index is 348. The first kappa shape index (κ1) is 14.2. The van der Waals surface area contributed by atoms with Crippen LogP contribution in [0.25, 0.3) is 0 Å². The van der Waals surface area contributed by atoms with Crippen molar-refractivity contribution >= 4 is 10.2 Å². The third-order valence-corrected chi connectivity index (χ3v) is 5.50. The highest BCUT2D eigenvalue weighted by molar-refractivity contribution is 7.87. The van der Waals surface area contributed by atoms with Crippen LogP contribution in [0.4, 0.5) is 0 Å². The maximum absolute atomic E-state index is 12.4. The molecular formula is C12H25N3O2S. The van der Waals surface area contributed by atoms with Gasteiger partial charge in [0.05, 0.1) is 0 Å². The molecule has 2 fully saturated rings. The van der Waals surface area contributed by atoms with E-state index in [4.69, 9.17) is 5.73 Å². The zero-order chi connectivity index (χ0) is 13.0. The molecule has 3 N–H and O–H groups in total. The molecule has 0 aliphatic heterocycles. The van der Waals surface area contributed by atoms with Crippen molar-refractivity contribution in [2.75, 3.05) is 13.1 Å². The van der Waals surface area contributed by atoms with Crippen molar-refractivity contribution < 1.29 is 8.42 Å². The van der Waals surface area contributed by atoms with Gasteiger partial charge in [-0.3, -0.25) is 0 Å². The summed E-state index contributed by atoms with van der Waals surface area (Å²) >= 11 is 0. The lowest BCUT2D eigenvalue weighted by Gasteiger charge is -2.33. The predicted octanol–water partition coefficient (Wildman–Crippen LogP) is 0.967. The predicted molar refractivity (Wildman–Crippen MR) is 72.3 cm³/mol. The lowest BCUT2D eigenvalue weighted by atomic mass is 9.95. The standard InChI is InChI=1S/C12H25N3O2S/c13-9-4-10-15(12-5-2-1-3-6-12)18(16,17)14-11-7-8-11/h11-12,14H,1-10,13H2. The Kier molecular flexibility index (Phi) is 5.00. The molecule has 5 nitrogen and oxygen atoms in total. The molecule has 2 rings (SSSR count). The molecule has 0 unspecified atom stereocenters. The van der Waals surface area contributed by atoms with Gasteiger partial charge in [-0.2, -0.15) is 17.4 Å². The second-order valence-electron chi connectivity index (χ2n) is 5.44. The first-order valence-electron chi connectivity index (χ1n) is 7.12. The van der Waals surface area contributed by atoms with Crippen LogP contribution in [0.1, 0.15) is 51.4 Å². The Morgan fingerprint density at radius 3 is 2.33 bits per heavy atom. The highest BCUT2D eigenvalue weighted by atomic mass is 32.2. The van der Waals surface area contributed by atoms with Gasteiger partial charge in [0.2, 0.25) is 0 Å². The third kappa shape index (κ3) is 3.91. The van der Waals surface area contributed by atoms with Crippen LogP contribution in [-0.2, 0) is 10.2 Å². The van der Waals surface area contributed by atoms with Crippen molar-refractivity contribution in [2.24, 2.45) is 5.73 Å². The summed E-state index contributed by atoms with van der Waals surface area (Å²) in [5.74, 6) is 0. The minimum Gasteiger partial charge on any atom is -0.330 e. The molecule has 0 bridgehead atoms. The molecule has 18 heavy (non-hydrogen) atoms. The van der Waals surface area contributed by atoms with E-state index in [0.717, 1.165) is 44.9 Å². The molecule has 0 spiro atoms. The molecule has 0 aromatic carbocycles. The summed E-state index contributed by atoms with van der Waals surface area (Å²) in [7, 11) is -3.30. The van der Waals surface area contributed by atoms with Gasteiger partial charge < -0.3 is 5.73 Å². The normalized spacial score (nSPS) is 22.6. The summed E-state index contributed by atoms with van der Waals surface area (Å²) in [6.07, 6.45) is 8.21. The number of hydrogen-bond acceptors (Lipinski definition) is 3. The van der Waals surface area contributed by atoms with Crippen LogP contribution in [0.2, 0.25) is 0 Å². The van der Waals surface area contributed by atoms with E-state index >= 15 is 0 Å². The number of nitrogens with zero attached hydrogens (tertiary/aromatic N) is 1. The highest BCUT2D eigenvalue weighted by Gasteiger charge is 2.34. The molecule has 106 valence electrons. The Morgan fingerprint density at radius 1 is 1.11 bits per heavy atom. The van der Waals surface area contributed by atoms with Crippen molar-refractivity contribution in [1.82, 2.24) is 9.03 Å². The average molecular weight is 275 g/mol. The lowest BCUT2D eigenvalue weighted by Crippen LogP contribution is -2.48. The smallest absolute Gasteiger partial charge is 0.279 e. The second-order valence-corrected chi connectivity index (χ2v) is 7.10. The van der Waals surface area contributed by atoms with Crippen LogP contribution in [-0.4, -0.2) is 37.9 Å². The number of hydrogen-bond donors (Lipinski definition) is 2.